The SMILES string of the molecule is O=C(NCc1ccc(Cl)s1)C1(C(F)(F)F)CCNC1. The quantitative estimate of drug-likeness (QED) is 0.900. The standard InChI is InChI=1S/C11H12ClF3N2OS/c12-8-2-1-7(19-8)5-17-9(18)10(11(13,14)15)3-4-16-6-10/h1-2,16H,3-6H2,(H,17,18). The smallest absolute Gasteiger partial charge is 0.350 e. The molecular formula is C11H12ClF3N2OS. The maximum absolute atomic E-state index is 13.1. The first-order chi connectivity index (χ1) is 8.85. The molecule has 0 aliphatic carbocycles. The maximum atomic E-state index is 13.1. The van der Waals surface area contributed by atoms with E-state index in [9.17, 15) is 18.0 Å². The number of rotatable bonds is 3. The number of carbonyl (C=O) groups is 1. The van der Waals surface area contributed by atoms with Gasteiger partial charge in [0.15, 0.2) is 5.41 Å². The van der Waals surface area contributed by atoms with Gasteiger partial charge in [-0.25, -0.2) is 0 Å². The monoisotopic (exact) mass is 312 g/mol. The van der Waals surface area contributed by atoms with Gasteiger partial charge in [-0.15, -0.1) is 11.3 Å². The zero-order valence-electron chi connectivity index (χ0n) is 9.81. The van der Waals surface area contributed by atoms with Crippen molar-refractivity contribution < 1.29 is 18.0 Å². The molecule has 3 nitrogen and oxygen atoms in total. The van der Waals surface area contributed by atoms with Crippen LogP contribution in [0.1, 0.15) is 11.3 Å². The van der Waals surface area contributed by atoms with Crippen molar-refractivity contribution in [3.8, 4) is 0 Å². The predicted octanol–water partition coefficient (Wildman–Crippen LogP) is 2.56. The molecule has 0 radical (unpaired) electrons. The number of alkyl halides is 3. The summed E-state index contributed by atoms with van der Waals surface area (Å²) in [7, 11) is 0. The summed E-state index contributed by atoms with van der Waals surface area (Å²) < 4.78 is 39.8. The molecule has 1 aliphatic heterocycles. The largest absolute Gasteiger partial charge is 0.404 e. The van der Waals surface area contributed by atoms with Gasteiger partial charge in [0.1, 0.15) is 0 Å². The molecule has 2 heterocycles. The topological polar surface area (TPSA) is 41.1 Å². The van der Waals surface area contributed by atoms with Crippen LogP contribution in [0.5, 0.6) is 0 Å². The van der Waals surface area contributed by atoms with Gasteiger partial charge in [0.25, 0.3) is 0 Å². The molecule has 1 amide bonds. The van der Waals surface area contributed by atoms with E-state index in [1.807, 2.05) is 0 Å². The third-order valence-electron chi connectivity index (χ3n) is 3.18. The van der Waals surface area contributed by atoms with Crippen LogP contribution in [-0.4, -0.2) is 25.2 Å². The van der Waals surface area contributed by atoms with Crippen LogP contribution in [0.15, 0.2) is 12.1 Å². The van der Waals surface area contributed by atoms with Gasteiger partial charge in [0.2, 0.25) is 5.91 Å². The first-order valence-electron chi connectivity index (χ1n) is 5.65. The van der Waals surface area contributed by atoms with Gasteiger partial charge in [-0.05, 0) is 25.1 Å². The normalized spacial score (nSPS) is 23.6. The number of hydrogen-bond donors (Lipinski definition) is 2. The summed E-state index contributed by atoms with van der Waals surface area (Å²) in [6.07, 6.45) is -4.78. The molecule has 0 bridgehead atoms. The minimum Gasteiger partial charge on any atom is -0.350 e. The Morgan fingerprint density at radius 3 is 2.74 bits per heavy atom. The lowest BCUT2D eigenvalue weighted by atomic mass is 9.85. The fourth-order valence-electron chi connectivity index (χ4n) is 2.04. The Balaban J connectivity index is 2.05. The van der Waals surface area contributed by atoms with Crippen molar-refractivity contribution in [1.29, 1.82) is 0 Å². The number of hydrogen-bond acceptors (Lipinski definition) is 3. The van der Waals surface area contributed by atoms with Gasteiger partial charge >= 0.3 is 6.18 Å². The zero-order chi connectivity index (χ0) is 14.1. The molecule has 2 rings (SSSR count). The Hall–Kier alpha value is -0.790. The maximum Gasteiger partial charge on any atom is 0.404 e. The lowest BCUT2D eigenvalue weighted by Crippen LogP contribution is -2.51. The van der Waals surface area contributed by atoms with Crippen LogP contribution in [-0.2, 0) is 11.3 Å². The lowest BCUT2D eigenvalue weighted by molar-refractivity contribution is -0.216. The second kappa shape index (κ2) is 5.30. The average molecular weight is 313 g/mol. The number of thiophene rings is 1. The van der Waals surface area contributed by atoms with Gasteiger partial charge in [0, 0.05) is 11.4 Å². The van der Waals surface area contributed by atoms with Crippen LogP contribution in [0, 0.1) is 5.41 Å². The van der Waals surface area contributed by atoms with Crippen LogP contribution in [0.4, 0.5) is 13.2 Å². The molecule has 1 aromatic heterocycles. The van der Waals surface area contributed by atoms with Crippen LogP contribution < -0.4 is 10.6 Å². The highest BCUT2D eigenvalue weighted by Crippen LogP contribution is 2.43. The van der Waals surface area contributed by atoms with Gasteiger partial charge in [-0.3, -0.25) is 4.79 Å². The van der Waals surface area contributed by atoms with E-state index in [1.165, 1.54) is 11.3 Å². The molecular weight excluding hydrogens is 301 g/mol. The summed E-state index contributed by atoms with van der Waals surface area (Å²) in [5.74, 6) is -0.977. The summed E-state index contributed by atoms with van der Waals surface area (Å²) in [5, 5.41) is 4.96. The van der Waals surface area contributed by atoms with Crippen LogP contribution in [0.25, 0.3) is 0 Å². The molecule has 0 saturated carbocycles. The van der Waals surface area contributed by atoms with Gasteiger partial charge in [-0.1, -0.05) is 11.6 Å². The van der Waals surface area contributed by atoms with E-state index < -0.39 is 17.5 Å². The lowest BCUT2D eigenvalue weighted by Gasteiger charge is -2.29. The number of amides is 1. The van der Waals surface area contributed by atoms with E-state index >= 15 is 0 Å². The fourth-order valence-corrected chi connectivity index (χ4v) is 3.07. The molecule has 1 saturated heterocycles. The summed E-state index contributed by atoms with van der Waals surface area (Å²) in [4.78, 5) is 12.6. The van der Waals surface area contributed by atoms with Crippen LogP contribution >= 0.6 is 22.9 Å². The van der Waals surface area contributed by atoms with E-state index in [1.54, 1.807) is 12.1 Å². The van der Waals surface area contributed by atoms with E-state index in [-0.39, 0.29) is 26.1 Å². The Kier molecular flexibility index (Phi) is 4.08. The summed E-state index contributed by atoms with van der Waals surface area (Å²) in [6.45, 7) is -0.112. The summed E-state index contributed by atoms with van der Waals surface area (Å²) in [5.41, 5.74) is -2.31. The van der Waals surface area contributed by atoms with Crippen molar-refractivity contribution >= 4 is 28.8 Å². The van der Waals surface area contributed by atoms with Crippen LogP contribution in [0.2, 0.25) is 4.34 Å². The van der Waals surface area contributed by atoms with Crippen molar-refractivity contribution in [3.05, 3.63) is 21.3 Å². The molecule has 2 N–H and O–H groups in total. The molecule has 1 unspecified atom stereocenters. The second-order valence-electron chi connectivity index (χ2n) is 4.40. The predicted molar refractivity (Wildman–Crippen MR) is 67.2 cm³/mol. The third-order valence-corrected chi connectivity index (χ3v) is 4.42. The van der Waals surface area contributed by atoms with E-state index in [4.69, 9.17) is 11.6 Å². The number of nitrogens with one attached hydrogen (secondary N) is 2. The van der Waals surface area contributed by atoms with Crippen molar-refractivity contribution in [3.63, 3.8) is 0 Å². The first kappa shape index (κ1) is 14.6. The third kappa shape index (κ3) is 2.88. The van der Waals surface area contributed by atoms with Crippen LogP contribution in [0.3, 0.4) is 0 Å². The number of halogens is 4. The Labute approximate surface area is 117 Å². The van der Waals surface area contributed by atoms with Crippen molar-refractivity contribution in [1.82, 2.24) is 10.6 Å². The number of carbonyl (C=O) groups excluding carboxylic acids is 1. The molecule has 0 aromatic carbocycles. The molecule has 1 atom stereocenters. The minimum absolute atomic E-state index is 0.0635. The molecule has 0 spiro atoms. The highest BCUT2D eigenvalue weighted by atomic mass is 35.5. The van der Waals surface area contributed by atoms with Gasteiger partial charge in [-0.2, -0.15) is 13.2 Å². The molecule has 1 fully saturated rings. The van der Waals surface area contributed by atoms with Crippen molar-refractivity contribution in [2.24, 2.45) is 5.41 Å². The second-order valence-corrected chi connectivity index (χ2v) is 6.19. The first-order valence-corrected chi connectivity index (χ1v) is 6.84. The molecule has 19 heavy (non-hydrogen) atoms. The van der Waals surface area contributed by atoms with E-state index in [0.29, 0.717) is 4.34 Å². The minimum atomic E-state index is -4.55. The fraction of sp³-hybridized carbons (Fsp3) is 0.545. The molecule has 8 heteroatoms. The Morgan fingerprint density at radius 2 is 2.26 bits per heavy atom. The molecule has 106 valence electrons. The molecule has 1 aromatic rings. The average Bonchev–Trinajstić information content (AvgIpc) is 2.94. The van der Waals surface area contributed by atoms with Gasteiger partial charge < -0.3 is 10.6 Å². The van der Waals surface area contributed by atoms with E-state index in [2.05, 4.69) is 10.6 Å². The van der Waals surface area contributed by atoms with Gasteiger partial charge in [0.05, 0.1) is 10.9 Å². The zero-order valence-corrected chi connectivity index (χ0v) is 11.4. The highest BCUT2D eigenvalue weighted by Gasteiger charge is 2.61. The van der Waals surface area contributed by atoms with E-state index in [0.717, 1.165) is 4.88 Å². The Bertz CT molecular complexity index is 469. The molecule has 1 aliphatic rings. The summed E-state index contributed by atoms with van der Waals surface area (Å²) >= 11 is 6.95. The van der Waals surface area contributed by atoms with Crippen molar-refractivity contribution in [2.75, 3.05) is 13.1 Å². The summed E-state index contributed by atoms with van der Waals surface area (Å²) in [6, 6.07) is 3.32. The Morgan fingerprint density at radius 1 is 1.53 bits per heavy atom. The van der Waals surface area contributed by atoms with Crippen molar-refractivity contribution in [2.45, 2.75) is 19.1 Å². The highest BCUT2D eigenvalue weighted by molar-refractivity contribution is 7.16.